The summed E-state index contributed by atoms with van der Waals surface area (Å²) in [6.45, 7) is 4.10. The Balaban J connectivity index is 1.84. The van der Waals surface area contributed by atoms with Crippen molar-refractivity contribution in [2.75, 3.05) is 31.9 Å². The van der Waals surface area contributed by atoms with Gasteiger partial charge < -0.3 is 24.8 Å². The maximum atomic E-state index is 13.9. The van der Waals surface area contributed by atoms with Crippen molar-refractivity contribution in [1.29, 1.82) is 0 Å². The van der Waals surface area contributed by atoms with Gasteiger partial charge in [0.2, 0.25) is 11.8 Å². The van der Waals surface area contributed by atoms with Gasteiger partial charge in [-0.05, 0) is 38.2 Å². The van der Waals surface area contributed by atoms with E-state index in [1.165, 1.54) is 21.1 Å². The summed E-state index contributed by atoms with van der Waals surface area (Å²) >= 11 is 1.16. The SMILES string of the molecule is CCO[C@H]1CC[C@@](CSC(C)=O)(C(=O)N[C@@H](Cc2ccccc2)C(=O)Nc2cc(OC)cc(OC)c2)CC1. The molecule has 2 amide bonds. The number of thioether (sulfide) groups is 1. The summed E-state index contributed by atoms with van der Waals surface area (Å²) in [5.74, 6) is 0.888. The van der Waals surface area contributed by atoms with E-state index in [4.69, 9.17) is 14.2 Å². The molecule has 0 unspecified atom stereocenters. The van der Waals surface area contributed by atoms with Crippen molar-refractivity contribution < 1.29 is 28.6 Å². The first-order valence-electron chi connectivity index (χ1n) is 12.9. The predicted octanol–water partition coefficient (Wildman–Crippen LogP) is 4.62. The molecule has 2 N–H and O–H groups in total. The van der Waals surface area contributed by atoms with Crippen LogP contribution in [0.4, 0.5) is 5.69 Å². The molecule has 206 valence electrons. The van der Waals surface area contributed by atoms with Gasteiger partial charge in [-0.15, -0.1) is 0 Å². The lowest BCUT2D eigenvalue weighted by atomic mass is 9.73. The minimum atomic E-state index is -0.828. The van der Waals surface area contributed by atoms with Crippen LogP contribution in [0, 0.1) is 5.41 Å². The average Bonchev–Trinajstić information content (AvgIpc) is 2.92. The highest BCUT2D eigenvalue weighted by atomic mass is 32.2. The van der Waals surface area contributed by atoms with Crippen LogP contribution in [0.3, 0.4) is 0 Å². The van der Waals surface area contributed by atoms with Gasteiger partial charge in [-0.25, -0.2) is 0 Å². The van der Waals surface area contributed by atoms with E-state index in [2.05, 4.69) is 10.6 Å². The van der Waals surface area contributed by atoms with Crippen LogP contribution in [0.2, 0.25) is 0 Å². The van der Waals surface area contributed by atoms with Gasteiger partial charge in [0, 0.05) is 49.6 Å². The average molecular weight is 543 g/mol. The number of methoxy groups -OCH3 is 2. The number of ether oxygens (including phenoxy) is 3. The fourth-order valence-electron chi connectivity index (χ4n) is 4.70. The van der Waals surface area contributed by atoms with Crippen molar-refractivity contribution >= 4 is 34.4 Å². The number of hydrogen-bond acceptors (Lipinski definition) is 7. The number of rotatable bonds is 12. The lowest BCUT2D eigenvalue weighted by Crippen LogP contribution is -2.53. The molecule has 9 heteroatoms. The van der Waals surface area contributed by atoms with Crippen molar-refractivity contribution in [2.45, 2.75) is 58.1 Å². The molecule has 0 radical (unpaired) electrons. The lowest BCUT2D eigenvalue weighted by molar-refractivity contribution is -0.136. The van der Waals surface area contributed by atoms with Crippen molar-refractivity contribution in [1.82, 2.24) is 5.32 Å². The molecule has 1 saturated carbocycles. The van der Waals surface area contributed by atoms with Gasteiger partial charge in [0.1, 0.15) is 17.5 Å². The molecule has 0 aliphatic heterocycles. The zero-order valence-corrected chi connectivity index (χ0v) is 23.4. The third-order valence-corrected chi connectivity index (χ3v) is 7.95. The smallest absolute Gasteiger partial charge is 0.247 e. The first kappa shape index (κ1) is 29.5. The van der Waals surface area contributed by atoms with Gasteiger partial charge in [-0.2, -0.15) is 0 Å². The molecule has 0 aromatic heterocycles. The Kier molecular flexibility index (Phi) is 11.0. The Morgan fingerprint density at radius 2 is 1.66 bits per heavy atom. The van der Waals surface area contributed by atoms with Gasteiger partial charge in [0.05, 0.1) is 25.7 Å². The van der Waals surface area contributed by atoms with E-state index >= 15 is 0 Å². The van der Waals surface area contributed by atoms with Crippen molar-refractivity contribution in [2.24, 2.45) is 5.41 Å². The van der Waals surface area contributed by atoms with E-state index in [-0.39, 0.29) is 23.0 Å². The molecule has 2 aromatic rings. The second-order valence-electron chi connectivity index (χ2n) is 9.52. The Bertz CT molecular complexity index is 1060. The van der Waals surface area contributed by atoms with Gasteiger partial charge in [0.25, 0.3) is 0 Å². The largest absolute Gasteiger partial charge is 0.497 e. The lowest BCUT2D eigenvalue weighted by Gasteiger charge is -2.39. The monoisotopic (exact) mass is 542 g/mol. The molecule has 0 spiro atoms. The van der Waals surface area contributed by atoms with E-state index in [1.807, 2.05) is 37.3 Å². The zero-order chi connectivity index (χ0) is 27.5. The Hall–Kier alpha value is -3.04. The summed E-state index contributed by atoms with van der Waals surface area (Å²) in [6, 6.07) is 13.8. The van der Waals surface area contributed by atoms with Crippen LogP contribution in [0.25, 0.3) is 0 Å². The van der Waals surface area contributed by atoms with E-state index in [0.29, 0.717) is 48.8 Å². The molecular formula is C29H38N2O6S. The number of anilines is 1. The minimum absolute atomic E-state index is 0.0327. The van der Waals surface area contributed by atoms with Crippen LogP contribution in [0.5, 0.6) is 11.5 Å². The molecule has 1 fully saturated rings. The number of amides is 2. The van der Waals surface area contributed by atoms with Crippen molar-refractivity contribution in [3.05, 3.63) is 54.1 Å². The Labute approximate surface area is 229 Å². The molecular weight excluding hydrogens is 504 g/mol. The molecule has 2 aromatic carbocycles. The molecule has 38 heavy (non-hydrogen) atoms. The summed E-state index contributed by atoms with van der Waals surface area (Å²) in [6.07, 6.45) is 3.08. The summed E-state index contributed by atoms with van der Waals surface area (Å²) in [7, 11) is 3.08. The third-order valence-electron chi connectivity index (χ3n) is 6.85. The van der Waals surface area contributed by atoms with Gasteiger partial charge in [-0.1, -0.05) is 42.1 Å². The van der Waals surface area contributed by atoms with Gasteiger partial charge in [0.15, 0.2) is 5.12 Å². The first-order valence-corrected chi connectivity index (χ1v) is 13.9. The number of benzene rings is 2. The van der Waals surface area contributed by atoms with Gasteiger partial charge >= 0.3 is 0 Å². The summed E-state index contributed by atoms with van der Waals surface area (Å²) in [5.41, 5.74) is 0.666. The molecule has 8 nitrogen and oxygen atoms in total. The van der Waals surface area contributed by atoms with Crippen LogP contribution in [-0.4, -0.2) is 55.7 Å². The van der Waals surface area contributed by atoms with E-state index < -0.39 is 11.5 Å². The van der Waals surface area contributed by atoms with Crippen LogP contribution in [-0.2, 0) is 25.5 Å². The zero-order valence-electron chi connectivity index (χ0n) is 22.6. The quantitative estimate of drug-likeness (QED) is 0.404. The first-order chi connectivity index (χ1) is 18.3. The normalized spacial score (nSPS) is 19.7. The molecule has 3 rings (SSSR count). The maximum Gasteiger partial charge on any atom is 0.247 e. The number of hydrogen-bond donors (Lipinski definition) is 2. The molecule has 1 atom stereocenters. The number of carbonyl (C=O) groups excluding carboxylic acids is 3. The fraction of sp³-hybridized carbons (Fsp3) is 0.483. The number of carbonyl (C=O) groups is 3. The Morgan fingerprint density at radius 1 is 1.03 bits per heavy atom. The second kappa shape index (κ2) is 14.2. The fourth-order valence-corrected chi connectivity index (χ4v) is 5.60. The van der Waals surface area contributed by atoms with Crippen LogP contribution in [0.1, 0.15) is 45.1 Å². The van der Waals surface area contributed by atoms with Crippen LogP contribution >= 0.6 is 11.8 Å². The van der Waals surface area contributed by atoms with E-state index in [0.717, 1.165) is 30.2 Å². The third kappa shape index (κ3) is 8.23. The standard InChI is InChI=1S/C29H38N2O6S/c1-5-37-23-11-13-29(14-12-23,19-38-20(2)32)28(34)31-26(15-21-9-7-6-8-10-21)27(33)30-22-16-24(35-3)18-25(17-22)36-4/h6-10,16-18,23,26H,5,11-15,19H2,1-4H3,(H,30,33)(H,31,34)/t23-,26-,29+/m0/s1. The van der Waals surface area contributed by atoms with E-state index in [9.17, 15) is 14.4 Å². The summed E-state index contributed by atoms with van der Waals surface area (Å²) < 4.78 is 16.4. The van der Waals surface area contributed by atoms with Crippen molar-refractivity contribution in [3.63, 3.8) is 0 Å². The van der Waals surface area contributed by atoms with E-state index in [1.54, 1.807) is 18.2 Å². The Morgan fingerprint density at radius 3 is 2.21 bits per heavy atom. The minimum Gasteiger partial charge on any atom is -0.497 e. The second-order valence-corrected chi connectivity index (χ2v) is 10.7. The van der Waals surface area contributed by atoms with Crippen molar-refractivity contribution in [3.8, 4) is 11.5 Å². The summed E-state index contributed by atoms with van der Waals surface area (Å²) in [5, 5.41) is 5.93. The maximum absolute atomic E-state index is 13.9. The molecule has 1 aliphatic rings. The predicted molar refractivity (Wildman–Crippen MR) is 150 cm³/mol. The number of nitrogens with one attached hydrogen (secondary N) is 2. The summed E-state index contributed by atoms with van der Waals surface area (Å²) in [4.78, 5) is 39.2. The van der Waals surface area contributed by atoms with Crippen LogP contribution in [0.15, 0.2) is 48.5 Å². The molecule has 0 saturated heterocycles. The highest BCUT2D eigenvalue weighted by Crippen LogP contribution is 2.40. The molecule has 0 bridgehead atoms. The molecule has 1 aliphatic carbocycles. The highest BCUT2D eigenvalue weighted by molar-refractivity contribution is 8.13. The topological polar surface area (TPSA) is 103 Å². The van der Waals surface area contributed by atoms with Crippen LogP contribution < -0.4 is 20.1 Å². The highest BCUT2D eigenvalue weighted by Gasteiger charge is 2.43. The van der Waals surface area contributed by atoms with Gasteiger partial charge in [-0.3, -0.25) is 14.4 Å². The molecule has 0 heterocycles.